The van der Waals surface area contributed by atoms with Crippen LogP contribution < -0.4 is 0 Å². The SMILES string of the molecule is C.Cc1nc(-c2ccc(C(C)(C)C)cc2)nc(C(F)F)c1C(C)C.Cc1nc(-c2ccc(C(C)(C)C)cc2)nc(C)c1C(C)C.Cc1nc(-c2ccc(C(C)(C)C)cc2)ncc1C(C)C.Cc1nc(-c2ccc(C3(C)CC3)cc2)ncc1C(C)C. The van der Waals surface area contributed by atoms with Gasteiger partial charge in [0.2, 0.25) is 0 Å². The van der Waals surface area contributed by atoms with E-state index in [4.69, 9.17) is 9.97 Å². The highest BCUT2D eigenvalue weighted by molar-refractivity contribution is 5.60. The molecule has 9 rings (SSSR count). The zero-order valence-electron chi connectivity index (χ0n) is 55.0. The van der Waals surface area contributed by atoms with Crippen molar-refractivity contribution >= 4 is 0 Å². The van der Waals surface area contributed by atoms with Crippen molar-refractivity contribution in [2.75, 3.05) is 0 Å². The molecule has 0 unspecified atom stereocenters. The molecule has 0 N–H and O–H groups in total. The van der Waals surface area contributed by atoms with Gasteiger partial charge in [0.25, 0.3) is 6.43 Å². The van der Waals surface area contributed by atoms with E-state index < -0.39 is 6.43 Å². The van der Waals surface area contributed by atoms with E-state index in [1.165, 1.54) is 51.8 Å². The van der Waals surface area contributed by atoms with Crippen molar-refractivity contribution in [3.63, 3.8) is 0 Å². The standard InChI is InChI=1S/C19H24F2N2.C19H26N2.C18H22N2.C18H24N2.CH4/c1-11(2)15-12(3)22-18(23-16(15)17(20)21)13-7-9-14(10-8-13)19(4,5)6;1-12(2)17-13(3)20-18(21-14(17)4)15-8-10-16(11-9-15)19(5,6)7;1-12(2)16-11-19-17(20-13(16)3)14-5-7-15(8-6-14)18(4)9-10-18;1-12(2)16-11-19-17(20-13(16)3)14-7-9-15(10-8-14)18(4,5)6;/h7-11,17H,1-6H3;8-12H,1-7H3;5-8,11-12H,9-10H2,1-4H3;7-12H,1-6H3;1H4. The second-order valence-electron chi connectivity index (χ2n) is 27.6. The van der Waals surface area contributed by atoms with E-state index in [9.17, 15) is 8.78 Å². The molecule has 8 nitrogen and oxygen atoms in total. The Hall–Kier alpha value is -6.94. The molecule has 10 heteroatoms. The molecule has 0 aliphatic heterocycles. The molecule has 1 aliphatic rings. The predicted molar refractivity (Wildman–Crippen MR) is 354 cm³/mol. The molecule has 8 aromatic rings. The molecule has 0 spiro atoms. The van der Waals surface area contributed by atoms with E-state index in [1.54, 1.807) is 6.92 Å². The van der Waals surface area contributed by atoms with Crippen molar-refractivity contribution < 1.29 is 8.78 Å². The van der Waals surface area contributed by atoms with Gasteiger partial charge >= 0.3 is 0 Å². The third-order valence-electron chi connectivity index (χ3n) is 16.0. The van der Waals surface area contributed by atoms with Gasteiger partial charge in [-0.3, -0.25) is 0 Å². The zero-order chi connectivity index (χ0) is 62.4. The van der Waals surface area contributed by atoms with E-state index in [0.717, 1.165) is 62.5 Å². The smallest absolute Gasteiger partial charge is 0.236 e. The first-order valence-corrected chi connectivity index (χ1v) is 30.2. The average Bonchev–Trinajstić information content (AvgIpc) is 2.40. The fourth-order valence-electron chi connectivity index (χ4n) is 10.5. The zero-order valence-corrected chi connectivity index (χ0v) is 55.0. The second kappa shape index (κ2) is 28.1. The van der Waals surface area contributed by atoms with E-state index in [-0.39, 0.29) is 35.3 Å². The number of hydrogen-bond acceptors (Lipinski definition) is 8. The Balaban J connectivity index is 0.000000207. The number of aryl methyl sites for hydroxylation is 5. The van der Waals surface area contributed by atoms with Crippen LogP contribution in [-0.4, -0.2) is 39.9 Å². The number of halogens is 2. The van der Waals surface area contributed by atoms with Crippen molar-refractivity contribution in [2.45, 2.75) is 231 Å². The van der Waals surface area contributed by atoms with Crippen molar-refractivity contribution in [1.29, 1.82) is 0 Å². The molecule has 0 amide bonds. The van der Waals surface area contributed by atoms with Gasteiger partial charge in [0.05, 0.1) is 0 Å². The maximum Gasteiger partial charge on any atom is 0.280 e. The quantitative estimate of drug-likeness (QED) is 0.133. The lowest BCUT2D eigenvalue weighted by Crippen LogP contribution is -2.11. The molecule has 4 aromatic heterocycles. The van der Waals surface area contributed by atoms with Gasteiger partial charge in [-0.15, -0.1) is 0 Å². The molecule has 0 atom stereocenters. The fraction of sp³-hybridized carbons (Fsp3) is 0.467. The molecule has 0 radical (unpaired) electrons. The minimum Gasteiger partial charge on any atom is -0.236 e. The second-order valence-corrected chi connectivity index (χ2v) is 27.6. The summed E-state index contributed by atoms with van der Waals surface area (Å²) in [7, 11) is 0. The topological polar surface area (TPSA) is 103 Å². The van der Waals surface area contributed by atoms with Crippen LogP contribution >= 0.6 is 0 Å². The Morgan fingerprint density at radius 3 is 0.929 bits per heavy atom. The monoisotopic (exact) mass is 1150 g/mol. The first kappa shape index (κ1) is 68.8. The number of nitrogens with zero attached hydrogens (tertiary/aromatic N) is 8. The molecule has 0 saturated heterocycles. The highest BCUT2D eigenvalue weighted by Crippen LogP contribution is 2.47. The minimum absolute atomic E-state index is 0. The van der Waals surface area contributed by atoms with Gasteiger partial charge in [-0.05, 0) is 132 Å². The number of benzene rings is 4. The molecular formula is C75H100F2N8. The van der Waals surface area contributed by atoms with Crippen LogP contribution in [0.4, 0.5) is 8.78 Å². The van der Waals surface area contributed by atoms with Crippen LogP contribution in [0.15, 0.2) is 109 Å². The maximum absolute atomic E-state index is 13.4. The van der Waals surface area contributed by atoms with E-state index in [2.05, 4.69) is 241 Å². The first-order chi connectivity index (χ1) is 39.1. The molecule has 4 aromatic carbocycles. The summed E-state index contributed by atoms with van der Waals surface area (Å²) >= 11 is 0. The van der Waals surface area contributed by atoms with Gasteiger partial charge in [-0.2, -0.15) is 0 Å². The summed E-state index contributed by atoms with van der Waals surface area (Å²) in [5, 5.41) is 0. The summed E-state index contributed by atoms with van der Waals surface area (Å²) in [6.07, 6.45) is 3.95. The number of alkyl halides is 2. The summed E-state index contributed by atoms with van der Waals surface area (Å²) in [6, 6.07) is 33.8. The van der Waals surface area contributed by atoms with Gasteiger partial charge < -0.3 is 0 Å². The average molecular weight is 1150 g/mol. The molecule has 4 heterocycles. The van der Waals surface area contributed by atoms with Crippen LogP contribution in [0.2, 0.25) is 0 Å². The van der Waals surface area contributed by atoms with Gasteiger partial charge in [-0.25, -0.2) is 48.7 Å². The Kier molecular flexibility index (Phi) is 22.7. The highest BCUT2D eigenvalue weighted by atomic mass is 19.3. The normalized spacial score (nSPS) is 13.0. The van der Waals surface area contributed by atoms with Crippen LogP contribution in [0.1, 0.15) is 254 Å². The summed E-state index contributed by atoms with van der Waals surface area (Å²) in [5.41, 5.74) is 19.2. The Morgan fingerprint density at radius 2 is 0.659 bits per heavy atom. The fourth-order valence-corrected chi connectivity index (χ4v) is 10.5. The summed E-state index contributed by atoms with van der Waals surface area (Å²) in [6.45, 7) is 49.0. The van der Waals surface area contributed by atoms with Gasteiger partial charge in [0, 0.05) is 68.7 Å². The lowest BCUT2D eigenvalue weighted by Gasteiger charge is -2.19. The van der Waals surface area contributed by atoms with Gasteiger partial charge in [0.15, 0.2) is 23.3 Å². The molecule has 1 saturated carbocycles. The Bertz CT molecular complexity index is 3340. The van der Waals surface area contributed by atoms with Crippen molar-refractivity contribution in [3.8, 4) is 45.6 Å². The number of aromatic nitrogens is 8. The summed E-state index contributed by atoms with van der Waals surface area (Å²) in [5.74, 6) is 4.21. The van der Waals surface area contributed by atoms with Crippen LogP contribution in [-0.2, 0) is 21.7 Å². The third kappa shape index (κ3) is 17.8. The number of rotatable bonds is 10. The van der Waals surface area contributed by atoms with Gasteiger partial charge in [-0.1, -0.05) is 229 Å². The lowest BCUT2D eigenvalue weighted by atomic mass is 9.86. The maximum atomic E-state index is 13.4. The molecule has 85 heavy (non-hydrogen) atoms. The molecular weight excluding hydrogens is 1050 g/mol. The van der Waals surface area contributed by atoms with E-state index in [1.807, 2.05) is 50.5 Å². The summed E-state index contributed by atoms with van der Waals surface area (Å²) in [4.78, 5) is 36.4. The molecule has 1 aliphatic carbocycles. The third-order valence-corrected chi connectivity index (χ3v) is 16.0. The predicted octanol–water partition coefficient (Wildman–Crippen LogP) is 21.1. The van der Waals surface area contributed by atoms with Crippen LogP contribution in [0.25, 0.3) is 45.6 Å². The van der Waals surface area contributed by atoms with Crippen LogP contribution in [0.3, 0.4) is 0 Å². The Labute approximate surface area is 511 Å². The number of hydrogen-bond donors (Lipinski definition) is 0. The Morgan fingerprint density at radius 1 is 0.376 bits per heavy atom. The van der Waals surface area contributed by atoms with Crippen LogP contribution in [0, 0.1) is 34.6 Å². The van der Waals surface area contributed by atoms with Crippen LogP contribution in [0.5, 0.6) is 0 Å². The first-order valence-electron chi connectivity index (χ1n) is 30.2. The largest absolute Gasteiger partial charge is 0.280 e. The lowest BCUT2D eigenvalue weighted by molar-refractivity contribution is 0.144. The molecule has 454 valence electrons. The highest BCUT2D eigenvalue weighted by Gasteiger charge is 2.38. The van der Waals surface area contributed by atoms with Crippen molar-refractivity contribution in [2.24, 2.45) is 0 Å². The van der Waals surface area contributed by atoms with E-state index >= 15 is 0 Å². The molecule has 0 bridgehead atoms. The minimum atomic E-state index is -2.60. The van der Waals surface area contributed by atoms with E-state index in [0.29, 0.717) is 40.3 Å². The van der Waals surface area contributed by atoms with Gasteiger partial charge in [0.1, 0.15) is 5.69 Å². The van der Waals surface area contributed by atoms with Crippen molar-refractivity contribution in [1.82, 2.24) is 39.9 Å². The summed E-state index contributed by atoms with van der Waals surface area (Å²) < 4.78 is 26.8. The van der Waals surface area contributed by atoms with Crippen molar-refractivity contribution in [3.05, 3.63) is 188 Å². The molecule has 1 fully saturated rings.